The molecular formula is C18H22N4O4. The molecule has 2 heterocycles. The fourth-order valence-corrected chi connectivity index (χ4v) is 3.41. The highest BCUT2D eigenvalue weighted by Crippen LogP contribution is 2.28. The van der Waals surface area contributed by atoms with Gasteiger partial charge in [-0.1, -0.05) is 10.3 Å². The molecule has 1 atom stereocenters. The fraction of sp³-hybridized carbons (Fsp3) is 0.556. The molecule has 1 unspecified atom stereocenters. The van der Waals surface area contributed by atoms with E-state index in [0.29, 0.717) is 48.0 Å². The maximum Gasteiger partial charge on any atom is 0.273 e. The van der Waals surface area contributed by atoms with Crippen molar-refractivity contribution in [3.8, 4) is 0 Å². The predicted molar refractivity (Wildman–Crippen MR) is 90.8 cm³/mol. The van der Waals surface area contributed by atoms with Crippen LogP contribution in [0.3, 0.4) is 0 Å². The molecular weight excluding hydrogens is 336 g/mol. The Hall–Kier alpha value is -2.64. The smallest absolute Gasteiger partial charge is 0.273 e. The molecule has 4 rings (SSSR count). The Balaban J connectivity index is 1.44. The lowest BCUT2D eigenvalue weighted by Gasteiger charge is -2.22. The number of hydrogen-bond acceptors (Lipinski definition) is 6. The van der Waals surface area contributed by atoms with Gasteiger partial charge in [-0.05, 0) is 45.4 Å². The van der Waals surface area contributed by atoms with Crippen molar-refractivity contribution in [2.24, 2.45) is 5.92 Å². The van der Waals surface area contributed by atoms with Gasteiger partial charge in [0, 0.05) is 24.6 Å². The molecule has 138 valence electrons. The summed E-state index contributed by atoms with van der Waals surface area (Å²) in [5.74, 6) is 1.44. The average molecular weight is 358 g/mol. The van der Waals surface area contributed by atoms with Crippen LogP contribution in [-0.4, -0.2) is 34.7 Å². The van der Waals surface area contributed by atoms with E-state index in [1.54, 1.807) is 13.8 Å². The van der Waals surface area contributed by atoms with Gasteiger partial charge in [0.2, 0.25) is 0 Å². The number of amides is 2. The lowest BCUT2D eigenvalue weighted by atomic mass is 9.91. The molecule has 2 aromatic rings. The van der Waals surface area contributed by atoms with Gasteiger partial charge in [-0.2, -0.15) is 0 Å². The second kappa shape index (κ2) is 6.59. The van der Waals surface area contributed by atoms with Crippen LogP contribution in [0, 0.1) is 19.8 Å². The Labute approximate surface area is 150 Å². The molecule has 0 aromatic carbocycles. The van der Waals surface area contributed by atoms with Gasteiger partial charge in [0.25, 0.3) is 11.8 Å². The largest absolute Gasteiger partial charge is 0.361 e. The van der Waals surface area contributed by atoms with Gasteiger partial charge in [-0.25, -0.2) is 0 Å². The van der Waals surface area contributed by atoms with Crippen LogP contribution in [0.5, 0.6) is 0 Å². The van der Waals surface area contributed by atoms with Gasteiger partial charge in [-0.15, -0.1) is 0 Å². The number of carbonyl (C=O) groups excluding carboxylic acids is 2. The number of aryl methyl sites for hydroxylation is 3. The van der Waals surface area contributed by atoms with Gasteiger partial charge in [-0.3, -0.25) is 9.59 Å². The van der Waals surface area contributed by atoms with Crippen LogP contribution in [0.1, 0.15) is 62.9 Å². The third-order valence-electron chi connectivity index (χ3n) is 5.10. The number of nitrogens with one attached hydrogen (secondary N) is 2. The van der Waals surface area contributed by atoms with E-state index in [-0.39, 0.29) is 17.9 Å². The summed E-state index contributed by atoms with van der Waals surface area (Å²) in [6.07, 6.45) is 4.26. The molecule has 2 aliphatic carbocycles. The maximum absolute atomic E-state index is 12.5. The van der Waals surface area contributed by atoms with Crippen LogP contribution in [0.25, 0.3) is 0 Å². The van der Waals surface area contributed by atoms with E-state index >= 15 is 0 Å². The molecule has 2 aromatic heterocycles. The molecule has 0 spiro atoms. The van der Waals surface area contributed by atoms with Crippen molar-refractivity contribution in [2.75, 3.05) is 6.54 Å². The van der Waals surface area contributed by atoms with E-state index in [1.165, 1.54) is 12.8 Å². The van der Waals surface area contributed by atoms with Gasteiger partial charge in [0.1, 0.15) is 17.1 Å². The van der Waals surface area contributed by atoms with Gasteiger partial charge >= 0.3 is 0 Å². The number of nitrogens with zero attached hydrogens (tertiary/aromatic N) is 2. The third kappa shape index (κ3) is 3.23. The molecule has 0 bridgehead atoms. The summed E-state index contributed by atoms with van der Waals surface area (Å²) in [6.45, 7) is 4.15. The van der Waals surface area contributed by atoms with Crippen LogP contribution in [0.15, 0.2) is 9.05 Å². The molecule has 0 aliphatic heterocycles. The van der Waals surface area contributed by atoms with Crippen LogP contribution in [0.4, 0.5) is 0 Å². The molecule has 2 aliphatic rings. The number of fused-ring (bicyclic) bond motifs is 1. The number of carbonyl (C=O) groups is 2. The summed E-state index contributed by atoms with van der Waals surface area (Å²) < 4.78 is 10.4. The maximum atomic E-state index is 12.5. The zero-order valence-corrected chi connectivity index (χ0v) is 14.9. The molecule has 2 N–H and O–H groups in total. The van der Waals surface area contributed by atoms with Crippen LogP contribution < -0.4 is 10.6 Å². The summed E-state index contributed by atoms with van der Waals surface area (Å²) in [7, 11) is 0. The highest BCUT2D eigenvalue weighted by Gasteiger charge is 2.31. The molecule has 0 radical (unpaired) electrons. The zero-order valence-electron chi connectivity index (χ0n) is 14.9. The second-order valence-electron chi connectivity index (χ2n) is 7.20. The van der Waals surface area contributed by atoms with Crippen LogP contribution in [0.2, 0.25) is 0 Å². The monoisotopic (exact) mass is 358 g/mol. The Morgan fingerprint density at radius 3 is 2.62 bits per heavy atom. The summed E-state index contributed by atoms with van der Waals surface area (Å²) in [4.78, 5) is 24.9. The predicted octanol–water partition coefficient (Wildman–Crippen LogP) is 1.71. The SMILES string of the molecule is Cc1noc(C)c1C(=O)NC1CCc2onc(C(=O)NCC3CC3)c2C1. The summed E-state index contributed by atoms with van der Waals surface area (Å²) in [5, 5.41) is 13.7. The molecule has 8 heteroatoms. The minimum absolute atomic E-state index is 0.0851. The van der Waals surface area contributed by atoms with E-state index in [2.05, 4.69) is 20.9 Å². The van der Waals surface area contributed by atoms with Crippen molar-refractivity contribution in [3.05, 3.63) is 34.0 Å². The quantitative estimate of drug-likeness (QED) is 0.842. The van der Waals surface area contributed by atoms with Gasteiger partial charge < -0.3 is 19.7 Å². The lowest BCUT2D eigenvalue weighted by Crippen LogP contribution is -2.39. The van der Waals surface area contributed by atoms with Crippen LogP contribution in [-0.2, 0) is 12.8 Å². The van der Waals surface area contributed by atoms with Crippen molar-refractivity contribution in [1.82, 2.24) is 20.9 Å². The van der Waals surface area contributed by atoms with Crippen molar-refractivity contribution in [2.45, 2.75) is 52.0 Å². The molecule has 2 amide bonds. The fourth-order valence-electron chi connectivity index (χ4n) is 3.41. The summed E-state index contributed by atoms with van der Waals surface area (Å²) in [5.41, 5.74) is 2.19. The summed E-state index contributed by atoms with van der Waals surface area (Å²) >= 11 is 0. The number of hydrogen-bond donors (Lipinski definition) is 2. The zero-order chi connectivity index (χ0) is 18.3. The first-order chi connectivity index (χ1) is 12.5. The Bertz CT molecular complexity index is 830. The first kappa shape index (κ1) is 16.8. The average Bonchev–Trinajstić information content (AvgIpc) is 3.26. The van der Waals surface area contributed by atoms with Gasteiger partial charge in [0.05, 0.1) is 5.69 Å². The van der Waals surface area contributed by atoms with E-state index in [1.807, 2.05) is 0 Å². The molecule has 8 nitrogen and oxygen atoms in total. The Morgan fingerprint density at radius 2 is 1.92 bits per heavy atom. The van der Waals surface area contributed by atoms with E-state index in [9.17, 15) is 9.59 Å². The highest BCUT2D eigenvalue weighted by atomic mass is 16.5. The molecule has 1 fully saturated rings. The molecule has 0 saturated heterocycles. The number of aromatic nitrogens is 2. The minimum atomic E-state index is -0.203. The van der Waals surface area contributed by atoms with Crippen molar-refractivity contribution in [3.63, 3.8) is 0 Å². The minimum Gasteiger partial charge on any atom is -0.361 e. The second-order valence-corrected chi connectivity index (χ2v) is 7.20. The lowest BCUT2D eigenvalue weighted by molar-refractivity contribution is 0.0929. The summed E-state index contributed by atoms with van der Waals surface area (Å²) in [6, 6.07) is -0.0851. The first-order valence-electron chi connectivity index (χ1n) is 9.02. The number of rotatable bonds is 5. The van der Waals surface area contributed by atoms with E-state index < -0.39 is 0 Å². The van der Waals surface area contributed by atoms with E-state index in [4.69, 9.17) is 9.05 Å². The topological polar surface area (TPSA) is 110 Å². The molecule has 26 heavy (non-hydrogen) atoms. The van der Waals surface area contributed by atoms with E-state index in [0.717, 1.165) is 17.7 Å². The molecule has 1 saturated carbocycles. The van der Waals surface area contributed by atoms with Crippen molar-refractivity contribution in [1.29, 1.82) is 0 Å². The van der Waals surface area contributed by atoms with Crippen molar-refractivity contribution >= 4 is 11.8 Å². The normalized spacial score (nSPS) is 19.1. The Kier molecular flexibility index (Phi) is 4.26. The first-order valence-corrected chi connectivity index (χ1v) is 9.02. The van der Waals surface area contributed by atoms with Crippen molar-refractivity contribution < 1.29 is 18.6 Å². The Morgan fingerprint density at radius 1 is 1.12 bits per heavy atom. The third-order valence-corrected chi connectivity index (χ3v) is 5.10. The standard InChI is InChI=1S/C18H22N4O4/c1-9-15(10(2)25-21-9)17(23)20-12-5-6-14-13(7-12)16(22-26-14)18(24)19-8-11-3-4-11/h11-12H,3-8H2,1-2H3,(H,19,24)(H,20,23). The van der Waals surface area contributed by atoms with Gasteiger partial charge in [0.15, 0.2) is 5.69 Å². The van der Waals surface area contributed by atoms with Crippen LogP contribution >= 0.6 is 0 Å². The highest BCUT2D eigenvalue weighted by molar-refractivity contribution is 5.96.